The van der Waals surface area contributed by atoms with E-state index in [2.05, 4.69) is 21.2 Å². The molecule has 21 heavy (non-hydrogen) atoms. The Bertz CT molecular complexity index is 545. The number of likely N-dealkylation sites (N-methyl/N-ethyl adjacent to an activating group) is 1. The number of hydrogen-bond donors (Lipinski definition) is 1. The van der Waals surface area contributed by atoms with E-state index < -0.39 is 5.82 Å². The Morgan fingerprint density at radius 2 is 1.95 bits per heavy atom. The Morgan fingerprint density at radius 1 is 1.29 bits per heavy atom. The van der Waals surface area contributed by atoms with Gasteiger partial charge < -0.3 is 10.2 Å². The molecule has 0 atom stereocenters. The molecule has 5 nitrogen and oxygen atoms in total. The average molecular weight is 358 g/mol. The van der Waals surface area contributed by atoms with Crippen LogP contribution < -0.4 is 5.32 Å². The van der Waals surface area contributed by atoms with Gasteiger partial charge in [0.2, 0.25) is 5.91 Å². The first kappa shape index (κ1) is 15.9. The molecule has 1 heterocycles. The maximum Gasteiger partial charge on any atom is 0.256 e. The summed E-state index contributed by atoms with van der Waals surface area (Å²) in [6.07, 6.45) is 0. The van der Waals surface area contributed by atoms with E-state index in [1.54, 1.807) is 18.0 Å². The zero-order valence-electron chi connectivity index (χ0n) is 11.7. The van der Waals surface area contributed by atoms with Gasteiger partial charge in [-0.3, -0.25) is 14.5 Å². The van der Waals surface area contributed by atoms with Gasteiger partial charge >= 0.3 is 0 Å². The smallest absolute Gasteiger partial charge is 0.256 e. The number of amides is 2. The van der Waals surface area contributed by atoms with Gasteiger partial charge in [0.1, 0.15) is 5.82 Å². The van der Waals surface area contributed by atoms with Crippen LogP contribution in [-0.2, 0) is 4.79 Å². The van der Waals surface area contributed by atoms with Gasteiger partial charge in [-0.25, -0.2) is 4.39 Å². The highest BCUT2D eigenvalue weighted by Crippen LogP contribution is 2.17. The van der Waals surface area contributed by atoms with E-state index in [4.69, 9.17) is 0 Å². The molecule has 1 aliphatic heterocycles. The lowest BCUT2D eigenvalue weighted by Gasteiger charge is -2.34. The lowest BCUT2D eigenvalue weighted by Crippen LogP contribution is -2.51. The Hall–Kier alpha value is -1.47. The summed E-state index contributed by atoms with van der Waals surface area (Å²) in [5.41, 5.74) is 0.0814. The first-order valence-corrected chi connectivity index (χ1v) is 7.48. The Balaban J connectivity index is 1.95. The quantitative estimate of drug-likeness (QED) is 0.880. The molecule has 2 rings (SSSR count). The highest BCUT2D eigenvalue weighted by Gasteiger charge is 2.24. The third kappa shape index (κ3) is 4.01. The van der Waals surface area contributed by atoms with Crippen LogP contribution in [0.5, 0.6) is 0 Å². The molecule has 114 valence electrons. The highest BCUT2D eigenvalue weighted by molar-refractivity contribution is 9.10. The van der Waals surface area contributed by atoms with Crippen molar-refractivity contribution >= 4 is 27.7 Å². The maximum absolute atomic E-state index is 13.8. The molecule has 0 bridgehead atoms. The summed E-state index contributed by atoms with van der Waals surface area (Å²) in [6.45, 7) is 2.52. The van der Waals surface area contributed by atoms with Crippen molar-refractivity contribution in [3.8, 4) is 0 Å². The summed E-state index contributed by atoms with van der Waals surface area (Å²) in [5, 5.41) is 2.57. The number of halogens is 2. The zero-order chi connectivity index (χ0) is 15.4. The fourth-order valence-electron chi connectivity index (χ4n) is 2.22. The van der Waals surface area contributed by atoms with Crippen molar-refractivity contribution in [1.82, 2.24) is 15.1 Å². The van der Waals surface area contributed by atoms with E-state index >= 15 is 0 Å². The third-order valence-corrected chi connectivity index (χ3v) is 3.96. The number of nitrogens with zero attached hydrogens (tertiary/aromatic N) is 2. The van der Waals surface area contributed by atoms with Crippen molar-refractivity contribution < 1.29 is 14.0 Å². The molecule has 0 aromatic heterocycles. The molecule has 1 saturated heterocycles. The summed E-state index contributed by atoms with van der Waals surface area (Å²) in [5.74, 6) is -0.879. The van der Waals surface area contributed by atoms with Gasteiger partial charge in [0.15, 0.2) is 0 Å². The molecule has 2 amide bonds. The van der Waals surface area contributed by atoms with Gasteiger partial charge in [-0.15, -0.1) is 0 Å². The number of carbonyl (C=O) groups is 2. The topological polar surface area (TPSA) is 52.7 Å². The second kappa shape index (κ2) is 7.00. The summed E-state index contributed by atoms with van der Waals surface area (Å²) < 4.78 is 14.4. The van der Waals surface area contributed by atoms with E-state index in [-0.39, 0.29) is 17.4 Å². The molecule has 1 N–H and O–H groups in total. The van der Waals surface area contributed by atoms with Gasteiger partial charge in [-0.1, -0.05) is 15.9 Å². The molecule has 7 heteroatoms. The molecule has 1 aliphatic rings. The van der Waals surface area contributed by atoms with Crippen molar-refractivity contribution in [3.63, 3.8) is 0 Å². The highest BCUT2D eigenvalue weighted by atomic mass is 79.9. The van der Waals surface area contributed by atoms with E-state index in [1.165, 1.54) is 12.1 Å². The van der Waals surface area contributed by atoms with Crippen LogP contribution in [0.3, 0.4) is 0 Å². The second-order valence-electron chi connectivity index (χ2n) is 4.87. The van der Waals surface area contributed by atoms with Crippen molar-refractivity contribution in [3.05, 3.63) is 34.1 Å². The summed E-state index contributed by atoms with van der Waals surface area (Å²) >= 11 is 3.17. The van der Waals surface area contributed by atoms with Crippen LogP contribution in [0.15, 0.2) is 22.7 Å². The van der Waals surface area contributed by atoms with Crippen LogP contribution >= 0.6 is 15.9 Å². The predicted molar refractivity (Wildman–Crippen MR) is 80.5 cm³/mol. The van der Waals surface area contributed by atoms with Gasteiger partial charge in [-0.2, -0.15) is 0 Å². The van der Waals surface area contributed by atoms with Crippen LogP contribution in [-0.4, -0.2) is 61.4 Å². The van der Waals surface area contributed by atoms with E-state index in [9.17, 15) is 14.0 Å². The van der Waals surface area contributed by atoms with Crippen LogP contribution in [0.1, 0.15) is 10.4 Å². The number of carbonyl (C=O) groups excluding carboxylic acids is 2. The van der Waals surface area contributed by atoms with Crippen molar-refractivity contribution in [1.29, 1.82) is 0 Å². The second-order valence-corrected chi connectivity index (χ2v) is 5.78. The van der Waals surface area contributed by atoms with Gasteiger partial charge in [0.25, 0.3) is 5.91 Å². The van der Waals surface area contributed by atoms with Crippen LogP contribution in [0, 0.1) is 5.82 Å². The summed E-state index contributed by atoms with van der Waals surface area (Å²) in [6, 6.07) is 4.42. The lowest BCUT2D eigenvalue weighted by atomic mass is 10.1. The molecule has 0 spiro atoms. The van der Waals surface area contributed by atoms with Crippen LogP contribution in [0.2, 0.25) is 0 Å². The Morgan fingerprint density at radius 3 is 2.52 bits per heavy atom. The number of nitrogens with one attached hydrogen (secondary N) is 1. The third-order valence-electron chi connectivity index (χ3n) is 3.47. The molecule has 0 saturated carbocycles. The fraction of sp³-hybridized carbons (Fsp3) is 0.429. The first-order valence-electron chi connectivity index (χ1n) is 6.68. The normalized spacial score (nSPS) is 15.9. The Labute approximate surface area is 131 Å². The minimum atomic E-state index is -0.526. The average Bonchev–Trinajstić information content (AvgIpc) is 2.47. The van der Waals surface area contributed by atoms with Crippen molar-refractivity contribution in [2.45, 2.75) is 0 Å². The fourth-order valence-corrected chi connectivity index (χ4v) is 2.56. The van der Waals surface area contributed by atoms with E-state index in [0.717, 1.165) is 0 Å². The molecule has 0 aliphatic carbocycles. The van der Waals surface area contributed by atoms with E-state index in [0.29, 0.717) is 37.2 Å². The molecule has 0 radical (unpaired) electrons. The standard InChI is InChI=1S/C14H17BrFN3O2/c1-17-13(20)9-18-4-6-19(7-5-18)14(21)11-3-2-10(15)8-12(11)16/h2-3,8H,4-7,9H2,1H3,(H,17,20). The molecule has 1 fully saturated rings. The van der Waals surface area contributed by atoms with E-state index in [1.807, 2.05) is 4.90 Å². The monoisotopic (exact) mass is 357 g/mol. The van der Waals surface area contributed by atoms with Gasteiger partial charge in [0, 0.05) is 37.7 Å². The lowest BCUT2D eigenvalue weighted by molar-refractivity contribution is -0.122. The SMILES string of the molecule is CNC(=O)CN1CCN(C(=O)c2ccc(Br)cc2F)CC1. The molecule has 0 unspecified atom stereocenters. The van der Waals surface area contributed by atoms with Crippen molar-refractivity contribution in [2.24, 2.45) is 0 Å². The Kier molecular flexibility index (Phi) is 5.30. The predicted octanol–water partition coefficient (Wildman–Crippen LogP) is 1.09. The minimum absolute atomic E-state index is 0.0475. The van der Waals surface area contributed by atoms with Crippen LogP contribution in [0.4, 0.5) is 4.39 Å². The first-order chi connectivity index (χ1) is 10.0. The zero-order valence-corrected chi connectivity index (χ0v) is 13.3. The summed E-state index contributed by atoms with van der Waals surface area (Å²) in [7, 11) is 1.60. The molecule has 1 aromatic rings. The number of hydrogen-bond acceptors (Lipinski definition) is 3. The molecular formula is C14H17BrFN3O2. The van der Waals surface area contributed by atoms with Crippen molar-refractivity contribution in [2.75, 3.05) is 39.8 Å². The minimum Gasteiger partial charge on any atom is -0.358 e. The maximum atomic E-state index is 13.8. The van der Waals surface area contributed by atoms with Gasteiger partial charge in [-0.05, 0) is 18.2 Å². The number of piperazine rings is 1. The van der Waals surface area contributed by atoms with Crippen LogP contribution in [0.25, 0.3) is 0 Å². The molecular weight excluding hydrogens is 341 g/mol. The number of rotatable bonds is 3. The van der Waals surface area contributed by atoms with Gasteiger partial charge in [0.05, 0.1) is 12.1 Å². The number of benzene rings is 1. The largest absolute Gasteiger partial charge is 0.358 e. The molecule has 1 aromatic carbocycles. The summed E-state index contributed by atoms with van der Waals surface area (Å²) in [4.78, 5) is 27.2.